The molecule has 0 radical (unpaired) electrons. The molecular formula is C15H23NO4. The van der Waals surface area contributed by atoms with Crippen molar-refractivity contribution in [2.45, 2.75) is 32.8 Å². The molecule has 0 spiro atoms. The zero-order chi connectivity index (χ0) is 15.2. The third-order valence-electron chi connectivity index (χ3n) is 2.54. The van der Waals surface area contributed by atoms with Gasteiger partial charge in [-0.2, -0.15) is 0 Å². The van der Waals surface area contributed by atoms with E-state index in [-0.39, 0.29) is 6.61 Å². The number of hydrogen-bond donors (Lipinski definition) is 1. The van der Waals surface area contributed by atoms with Crippen LogP contribution in [0.4, 0.5) is 10.5 Å². The molecule has 1 aromatic carbocycles. The van der Waals surface area contributed by atoms with Crippen molar-refractivity contribution in [1.82, 2.24) is 0 Å². The number of carbonyl (C=O) groups is 1. The minimum Gasteiger partial charge on any atom is -0.497 e. The number of benzene rings is 1. The number of amides is 1. The summed E-state index contributed by atoms with van der Waals surface area (Å²) in [6, 6.07) is 7.15. The Morgan fingerprint density at radius 2 is 1.85 bits per heavy atom. The first-order valence-electron chi connectivity index (χ1n) is 6.63. The number of hydrogen-bond acceptors (Lipinski definition) is 4. The van der Waals surface area contributed by atoms with Gasteiger partial charge in [-0.1, -0.05) is 0 Å². The van der Waals surface area contributed by atoms with Crippen LogP contribution in [-0.2, 0) is 4.74 Å². The smallest absolute Gasteiger partial charge is 0.414 e. The molecule has 1 amide bonds. The largest absolute Gasteiger partial charge is 0.497 e. The fourth-order valence-electron chi connectivity index (χ4n) is 1.63. The topological polar surface area (TPSA) is 59.0 Å². The van der Waals surface area contributed by atoms with Crippen LogP contribution in [0.5, 0.6) is 5.75 Å². The predicted octanol–water partition coefficient (Wildman–Crippen LogP) is 2.82. The summed E-state index contributed by atoms with van der Waals surface area (Å²) < 4.78 is 10.5. The molecule has 0 aliphatic heterocycles. The van der Waals surface area contributed by atoms with Gasteiger partial charge >= 0.3 is 6.09 Å². The van der Waals surface area contributed by atoms with Crippen LogP contribution < -0.4 is 9.64 Å². The van der Waals surface area contributed by atoms with Crippen LogP contribution in [-0.4, -0.2) is 37.1 Å². The van der Waals surface area contributed by atoms with E-state index >= 15 is 0 Å². The predicted molar refractivity (Wildman–Crippen MR) is 78.3 cm³/mol. The maximum absolute atomic E-state index is 12.2. The summed E-state index contributed by atoms with van der Waals surface area (Å²) in [7, 11) is 1.59. The van der Waals surface area contributed by atoms with E-state index in [9.17, 15) is 4.79 Å². The standard InChI is InChI=1S/C15H23NO4/c1-15(2,3)20-14(18)16(10-5-11-17)12-6-8-13(19-4)9-7-12/h6-9,17H,5,10-11H2,1-4H3. The summed E-state index contributed by atoms with van der Waals surface area (Å²) in [4.78, 5) is 13.7. The second-order valence-electron chi connectivity index (χ2n) is 5.41. The first-order chi connectivity index (χ1) is 9.37. The van der Waals surface area contributed by atoms with E-state index in [0.29, 0.717) is 18.7 Å². The number of ether oxygens (including phenoxy) is 2. The van der Waals surface area contributed by atoms with E-state index in [0.717, 1.165) is 5.75 Å². The number of nitrogens with zero attached hydrogens (tertiary/aromatic N) is 1. The van der Waals surface area contributed by atoms with Crippen LogP contribution >= 0.6 is 0 Å². The highest BCUT2D eigenvalue weighted by molar-refractivity contribution is 5.87. The molecule has 0 saturated carbocycles. The molecule has 1 N–H and O–H groups in total. The Bertz CT molecular complexity index is 422. The minimum absolute atomic E-state index is 0.0233. The molecule has 0 heterocycles. The molecule has 1 aromatic rings. The van der Waals surface area contributed by atoms with Crippen molar-refractivity contribution in [1.29, 1.82) is 0 Å². The molecule has 0 saturated heterocycles. The summed E-state index contributed by atoms with van der Waals surface area (Å²) in [5.74, 6) is 0.722. The third-order valence-corrected chi connectivity index (χ3v) is 2.54. The van der Waals surface area contributed by atoms with Crippen LogP contribution in [0.25, 0.3) is 0 Å². The van der Waals surface area contributed by atoms with Crippen molar-refractivity contribution < 1.29 is 19.4 Å². The van der Waals surface area contributed by atoms with Crippen LogP contribution in [0.15, 0.2) is 24.3 Å². The molecule has 1 rings (SSSR count). The van der Waals surface area contributed by atoms with Crippen LogP contribution in [0.2, 0.25) is 0 Å². The van der Waals surface area contributed by atoms with E-state index < -0.39 is 11.7 Å². The number of methoxy groups -OCH3 is 1. The highest BCUT2D eigenvalue weighted by Crippen LogP contribution is 2.21. The van der Waals surface area contributed by atoms with Gasteiger partial charge in [0.15, 0.2) is 0 Å². The lowest BCUT2D eigenvalue weighted by molar-refractivity contribution is 0.0578. The average Bonchev–Trinajstić information content (AvgIpc) is 2.38. The molecule has 0 atom stereocenters. The van der Waals surface area contributed by atoms with Gasteiger partial charge in [-0.05, 0) is 51.5 Å². The molecule has 0 unspecified atom stereocenters. The Morgan fingerprint density at radius 3 is 2.30 bits per heavy atom. The van der Waals surface area contributed by atoms with Gasteiger partial charge in [0.25, 0.3) is 0 Å². The highest BCUT2D eigenvalue weighted by atomic mass is 16.6. The lowest BCUT2D eigenvalue weighted by atomic mass is 10.2. The van der Waals surface area contributed by atoms with Gasteiger partial charge in [0.1, 0.15) is 11.4 Å². The molecule has 0 aromatic heterocycles. The van der Waals surface area contributed by atoms with Gasteiger partial charge in [0.05, 0.1) is 7.11 Å². The van der Waals surface area contributed by atoms with Crippen LogP contribution in [0.3, 0.4) is 0 Å². The molecular weight excluding hydrogens is 258 g/mol. The molecule has 0 aliphatic carbocycles. The van der Waals surface area contributed by atoms with E-state index in [1.165, 1.54) is 4.90 Å². The van der Waals surface area contributed by atoms with Gasteiger partial charge in [-0.15, -0.1) is 0 Å². The monoisotopic (exact) mass is 281 g/mol. The summed E-state index contributed by atoms with van der Waals surface area (Å²) in [6.07, 6.45) is 0.0711. The molecule has 0 fully saturated rings. The zero-order valence-corrected chi connectivity index (χ0v) is 12.5. The van der Waals surface area contributed by atoms with Crippen molar-refractivity contribution in [2.75, 3.05) is 25.2 Å². The average molecular weight is 281 g/mol. The molecule has 5 nitrogen and oxygen atoms in total. The van der Waals surface area contributed by atoms with Gasteiger partial charge in [0.2, 0.25) is 0 Å². The second kappa shape index (κ2) is 7.14. The van der Waals surface area contributed by atoms with Crippen LogP contribution in [0.1, 0.15) is 27.2 Å². The lowest BCUT2D eigenvalue weighted by Crippen LogP contribution is -2.37. The number of aliphatic hydroxyl groups excluding tert-OH is 1. The van der Waals surface area contributed by atoms with E-state index in [1.54, 1.807) is 31.4 Å². The summed E-state index contributed by atoms with van der Waals surface area (Å²) in [6.45, 7) is 5.89. The number of aliphatic hydroxyl groups is 1. The Hall–Kier alpha value is -1.75. The molecule has 0 bridgehead atoms. The van der Waals surface area contributed by atoms with Crippen molar-refractivity contribution in [3.05, 3.63) is 24.3 Å². The third kappa shape index (κ3) is 5.09. The Morgan fingerprint density at radius 1 is 1.25 bits per heavy atom. The van der Waals surface area contributed by atoms with Gasteiger partial charge in [-0.3, -0.25) is 4.90 Å². The molecule has 112 valence electrons. The normalized spacial score (nSPS) is 11.1. The maximum Gasteiger partial charge on any atom is 0.414 e. The van der Waals surface area contributed by atoms with Gasteiger partial charge in [-0.25, -0.2) is 4.79 Å². The quantitative estimate of drug-likeness (QED) is 0.901. The van der Waals surface area contributed by atoms with Crippen molar-refractivity contribution >= 4 is 11.8 Å². The minimum atomic E-state index is -0.555. The summed E-state index contributed by atoms with van der Waals surface area (Å²) >= 11 is 0. The molecule has 20 heavy (non-hydrogen) atoms. The molecule has 5 heteroatoms. The Labute approximate surface area is 120 Å². The Balaban J connectivity index is 2.89. The zero-order valence-electron chi connectivity index (χ0n) is 12.5. The van der Waals surface area contributed by atoms with Gasteiger partial charge in [0, 0.05) is 18.8 Å². The number of carbonyl (C=O) groups excluding carboxylic acids is 1. The highest BCUT2D eigenvalue weighted by Gasteiger charge is 2.23. The van der Waals surface area contributed by atoms with E-state index in [2.05, 4.69) is 0 Å². The fraction of sp³-hybridized carbons (Fsp3) is 0.533. The fourth-order valence-corrected chi connectivity index (χ4v) is 1.63. The summed E-state index contributed by atoms with van der Waals surface area (Å²) in [5.41, 5.74) is 0.162. The van der Waals surface area contributed by atoms with E-state index in [1.807, 2.05) is 20.8 Å². The first kappa shape index (κ1) is 16.3. The Kier molecular flexibility index (Phi) is 5.82. The first-order valence-corrected chi connectivity index (χ1v) is 6.63. The van der Waals surface area contributed by atoms with Gasteiger partial charge < -0.3 is 14.6 Å². The van der Waals surface area contributed by atoms with Crippen molar-refractivity contribution in [3.63, 3.8) is 0 Å². The summed E-state index contributed by atoms with van der Waals surface area (Å²) in [5, 5.41) is 8.96. The van der Waals surface area contributed by atoms with Crippen molar-refractivity contribution in [2.24, 2.45) is 0 Å². The lowest BCUT2D eigenvalue weighted by Gasteiger charge is -2.27. The maximum atomic E-state index is 12.2. The molecule has 0 aliphatic rings. The number of rotatable bonds is 5. The van der Waals surface area contributed by atoms with E-state index in [4.69, 9.17) is 14.6 Å². The second-order valence-corrected chi connectivity index (χ2v) is 5.41. The SMILES string of the molecule is COc1ccc(N(CCCO)C(=O)OC(C)(C)C)cc1. The van der Waals surface area contributed by atoms with Crippen LogP contribution in [0, 0.1) is 0 Å². The van der Waals surface area contributed by atoms with Crippen molar-refractivity contribution in [3.8, 4) is 5.75 Å². The number of anilines is 1.